The lowest BCUT2D eigenvalue weighted by atomic mass is 9.73. The molecule has 9 heteroatoms. The van der Waals surface area contributed by atoms with Crippen molar-refractivity contribution in [3.05, 3.63) is 35.6 Å². The minimum Gasteiger partial charge on any atom is -0.454 e. The number of urea groups is 1. The number of halogens is 1. The Morgan fingerprint density at radius 1 is 1.30 bits per heavy atom. The van der Waals surface area contributed by atoms with Crippen molar-refractivity contribution in [2.24, 2.45) is 5.92 Å². The molecule has 30 heavy (non-hydrogen) atoms. The molecule has 1 aliphatic carbocycles. The minimum atomic E-state index is -0.945. The smallest absolute Gasteiger partial charge is 0.326 e. The normalized spacial score (nSPS) is 23.4. The van der Waals surface area contributed by atoms with E-state index in [4.69, 9.17) is 4.74 Å². The molecular formula is C21H26FN3O5. The molecule has 4 amide bonds. The summed E-state index contributed by atoms with van der Waals surface area (Å²) in [6.45, 7) is 1.03. The number of benzene rings is 1. The number of nitrogens with one attached hydrogen (secondary N) is 2. The molecule has 0 unspecified atom stereocenters. The monoisotopic (exact) mass is 419 g/mol. The number of nitrogens with zero attached hydrogens (tertiary/aromatic N) is 1. The highest BCUT2D eigenvalue weighted by atomic mass is 19.1. The third kappa shape index (κ3) is 4.60. The first-order valence-electron chi connectivity index (χ1n) is 10.1. The fraction of sp³-hybridized carbons (Fsp3) is 0.524. The average Bonchev–Trinajstić information content (AvgIpc) is 2.95. The highest BCUT2D eigenvalue weighted by molar-refractivity contribution is 6.09. The van der Waals surface area contributed by atoms with Crippen molar-refractivity contribution >= 4 is 23.8 Å². The van der Waals surface area contributed by atoms with Crippen molar-refractivity contribution < 1.29 is 28.3 Å². The van der Waals surface area contributed by atoms with Crippen LogP contribution in [0.2, 0.25) is 0 Å². The molecule has 1 aliphatic heterocycles. The van der Waals surface area contributed by atoms with Gasteiger partial charge < -0.3 is 15.4 Å². The van der Waals surface area contributed by atoms with E-state index in [9.17, 15) is 23.6 Å². The second kappa shape index (κ2) is 9.23. The van der Waals surface area contributed by atoms with Gasteiger partial charge in [-0.3, -0.25) is 19.3 Å². The molecule has 0 bridgehead atoms. The Balaban J connectivity index is 1.43. The number of ether oxygens (including phenoxy) is 1. The molecule has 0 aromatic heterocycles. The Morgan fingerprint density at radius 2 is 2.07 bits per heavy atom. The topological polar surface area (TPSA) is 105 Å². The highest BCUT2D eigenvalue weighted by Gasteiger charge is 2.55. The summed E-state index contributed by atoms with van der Waals surface area (Å²) in [5.41, 5.74) is -0.473. The minimum absolute atomic E-state index is 0.0102. The van der Waals surface area contributed by atoms with Gasteiger partial charge in [0.15, 0.2) is 6.61 Å². The Morgan fingerprint density at radius 3 is 2.80 bits per heavy atom. The number of esters is 1. The quantitative estimate of drug-likeness (QED) is 0.515. The maximum absolute atomic E-state index is 13.5. The third-order valence-electron chi connectivity index (χ3n) is 5.83. The molecule has 2 N–H and O–H groups in total. The first kappa shape index (κ1) is 21.7. The zero-order valence-electron chi connectivity index (χ0n) is 16.9. The van der Waals surface area contributed by atoms with Crippen molar-refractivity contribution in [3.63, 3.8) is 0 Å². The molecule has 162 valence electrons. The largest absolute Gasteiger partial charge is 0.454 e. The van der Waals surface area contributed by atoms with Crippen LogP contribution in [-0.4, -0.2) is 54.0 Å². The van der Waals surface area contributed by atoms with Gasteiger partial charge in [0, 0.05) is 6.54 Å². The number of carbonyl (C=O) groups is 4. The molecule has 1 aromatic rings. The summed E-state index contributed by atoms with van der Waals surface area (Å²) in [4.78, 5) is 49.8. The molecule has 1 saturated heterocycles. The number of rotatable bonds is 7. The van der Waals surface area contributed by atoms with Crippen molar-refractivity contribution in [1.82, 2.24) is 15.5 Å². The highest BCUT2D eigenvalue weighted by Crippen LogP contribution is 2.38. The SMILES string of the molecule is C[C@@H]1CCCC[C@@]12NC(=O)N(CC(=O)OCC(=O)NCCc1ccccc1F)C2=O. The molecule has 1 saturated carbocycles. The number of carbonyl (C=O) groups excluding carboxylic acids is 4. The van der Waals surface area contributed by atoms with Gasteiger partial charge in [0.25, 0.3) is 11.8 Å². The molecule has 3 rings (SSSR count). The van der Waals surface area contributed by atoms with E-state index in [0.29, 0.717) is 18.4 Å². The molecular weight excluding hydrogens is 393 g/mol. The van der Waals surface area contributed by atoms with E-state index in [1.165, 1.54) is 6.07 Å². The van der Waals surface area contributed by atoms with Crippen LogP contribution in [-0.2, 0) is 25.5 Å². The maximum atomic E-state index is 13.5. The van der Waals surface area contributed by atoms with Gasteiger partial charge in [0.2, 0.25) is 0 Å². The van der Waals surface area contributed by atoms with Crippen molar-refractivity contribution in [2.45, 2.75) is 44.6 Å². The van der Waals surface area contributed by atoms with Crippen molar-refractivity contribution in [3.8, 4) is 0 Å². The summed E-state index contributed by atoms with van der Waals surface area (Å²) in [6.07, 6.45) is 3.52. The first-order chi connectivity index (χ1) is 14.3. The van der Waals surface area contributed by atoms with Crippen LogP contribution in [0.25, 0.3) is 0 Å². The fourth-order valence-corrected chi connectivity index (χ4v) is 4.05. The zero-order valence-corrected chi connectivity index (χ0v) is 16.9. The summed E-state index contributed by atoms with van der Waals surface area (Å²) in [7, 11) is 0. The van der Waals surface area contributed by atoms with Crippen LogP contribution in [0.3, 0.4) is 0 Å². The third-order valence-corrected chi connectivity index (χ3v) is 5.83. The van der Waals surface area contributed by atoms with Gasteiger partial charge in [0.05, 0.1) is 0 Å². The predicted molar refractivity (Wildman–Crippen MR) is 105 cm³/mol. The van der Waals surface area contributed by atoms with Gasteiger partial charge in [0.1, 0.15) is 17.9 Å². The van der Waals surface area contributed by atoms with Crippen LogP contribution in [0.4, 0.5) is 9.18 Å². The van der Waals surface area contributed by atoms with E-state index in [1.807, 2.05) is 6.92 Å². The van der Waals surface area contributed by atoms with Crippen LogP contribution in [0, 0.1) is 11.7 Å². The first-order valence-corrected chi connectivity index (χ1v) is 10.1. The number of hydrogen-bond donors (Lipinski definition) is 2. The van der Waals surface area contributed by atoms with Crippen LogP contribution in [0.15, 0.2) is 24.3 Å². The lowest BCUT2D eigenvalue weighted by Crippen LogP contribution is -2.54. The molecule has 0 radical (unpaired) electrons. The molecule has 1 aromatic carbocycles. The second-order valence-corrected chi connectivity index (χ2v) is 7.79. The van der Waals surface area contributed by atoms with Gasteiger partial charge >= 0.3 is 12.0 Å². The molecule has 2 fully saturated rings. The van der Waals surface area contributed by atoms with Crippen LogP contribution < -0.4 is 10.6 Å². The summed E-state index contributed by atoms with van der Waals surface area (Å²) in [5, 5.41) is 5.29. The fourth-order valence-electron chi connectivity index (χ4n) is 4.05. The summed E-state index contributed by atoms with van der Waals surface area (Å²) in [6, 6.07) is 5.64. The number of imide groups is 1. The molecule has 2 atom stereocenters. The zero-order chi connectivity index (χ0) is 21.7. The van der Waals surface area contributed by atoms with Crippen LogP contribution in [0.1, 0.15) is 38.2 Å². The van der Waals surface area contributed by atoms with E-state index >= 15 is 0 Å². The van der Waals surface area contributed by atoms with Gasteiger partial charge in [-0.1, -0.05) is 38.0 Å². The van der Waals surface area contributed by atoms with E-state index < -0.39 is 42.5 Å². The summed E-state index contributed by atoms with van der Waals surface area (Å²) in [5.74, 6) is -2.16. The van der Waals surface area contributed by atoms with E-state index in [0.717, 1.165) is 24.2 Å². The maximum Gasteiger partial charge on any atom is 0.326 e. The van der Waals surface area contributed by atoms with Gasteiger partial charge in [-0.15, -0.1) is 0 Å². The van der Waals surface area contributed by atoms with Gasteiger partial charge in [-0.25, -0.2) is 9.18 Å². The standard InChI is InChI=1S/C21H26FN3O5/c1-14-6-4-5-10-21(14)19(28)25(20(29)24-21)12-18(27)30-13-17(26)23-11-9-15-7-2-3-8-16(15)22/h2-3,7-8,14H,4-6,9-13H2,1H3,(H,23,26)(H,24,29)/t14-,21-/m1/s1. The van der Waals surface area contributed by atoms with Crippen molar-refractivity contribution in [2.75, 3.05) is 19.7 Å². The summed E-state index contributed by atoms with van der Waals surface area (Å²) < 4.78 is 18.4. The predicted octanol–water partition coefficient (Wildman–Crippen LogP) is 1.53. The second-order valence-electron chi connectivity index (χ2n) is 7.79. The lowest BCUT2D eigenvalue weighted by molar-refractivity contribution is -0.151. The molecule has 1 heterocycles. The van der Waals surface area contributed by atoms with Crippen LogP contribution >= 0.6 is 0 Å². The van der Waals surface area contributed by atoms with Crippen molar-refractivity contribution in [1.29, 1.82) is 0 Å². The van der Waals surface area contributed by atoms with E-state index in [1.54, 1.807) is 18.2 Å². The van der Waals surface area contributed by atoms with E-state index in [2.05, 4.69) is 10.6 Å². The van der Waals surface area contributed by atoms with Gasteiger partial charge in [-0.05, 0) is 36.8 Å². The van der Waals surface area contributed by atoms with E-state index in [-0.39, 0.29) is 18.3 Å². The Labute approximate surface area is 174 Å². The van der Waals surface area contributed by atoms with Crippen LogP contribution in [0.5, 0.6) is 0 Å². The molecule has 2 aliphatic rings. The summed E-state index contributed by atoms with van der Waals surface area (Å²) >= 11 is 0. The average molecular weight is 419 g/mol. The molecule has 8 nitrogen and oxygen atoms in total. The molecule has 1 spiro atoms. The Kier molecular flexibility index (Phi) is 6.69. The number of hydrogen-bond acceptors (Lipinski definition) is 5. The van der Waals surface area contributed by atoms with Gasteiger partial charge in [-0.2, -0.15) is 0 Å². The Hall–Kier alpha value is -2.97. The lowest BCUT2D eigenvalue weighted by Gasteiger charge is -2.36. The Bertz CT molecular complexity index is 846. The number of amides is 4.